The third-order valence-electron chi connectivity index (χ3n) is 4.27. The van der Waals surface area contributed by atoms with Crippen molar-refractivity contribution in [3.63, 3.8) is 0 Å². The zero-order valence-corrected chi connectivity index (χ0v) is 13.3. The quantitative estimate of drug-likeness (QED) is 0.859. The molecule has 1 aliphatic rings. The summed E-state index contributed by atoms with van der Waals surface area (Å²) in [5.41, 5.74) is 1.97. The van der Waals surface area contributed by atoms with Gasteiger partial charge in [-0.15, -0.1) is 0 Å². The van der Waals surface area contributed by atoms with Crippen LogP contribution >= 0.6 is 0 Å². The first-order chi connectivity index (χ1) is 11.6. The number of benzene rings is 2. The van der Waals surface area contributed by atoms with Crippen molar-refractivity contribution in [2.24, 2.45) is 5.92 Å². The van der Waals surface area contributed by atoms with Crippen LogP contribution in [-0.2, 0) is 16.1 Å². The first-order valence-electron chi connectivity index (χ1n) is 7.79. The Morgan fingerprint density at radius 1 is 1.17 bits per heavy atom. The van der Waals surface area contributed by atoms with Gasteiger partial charge in [0.15, 0.2) is 0 Å². The molecule has 0 saturated heterocycles. The summed E-state index contributed by atoms with van der Waals surface area (Å²) < 4.78 is 18.4. The van der Waals surface area contributed by atoms with Crippen molar-refractivity contribution >= 4 is 11.9 Å². The largest absolute Gasteiger partial charge is 0.465 e. The van der Waals surface area contributed by atoms with Gasteiger partial charge >= 0.3 is 5.97 Å². The Hall–Kier alpha value is -2.69. The van der Waals surface area contributed by atoms with Crippen molar-refractivity contribution in [3.8, 4) is 0 Å². The van der Waals surface area contributed by atoms with E-state index in [1.807, 2.05) is 0 Å². The number of methoxy groups -OCH3 is 1. The lowest BCUT2D eigenvalue weighted by Gasteiger charge is -2.06. The lowest BCUT2D eigenvalue weighted by molar-refractivity contribution is -0.122. The topological polar surface area (TPSA) is 55.4 Å². The van der Waals surface area contributed by atoms with Gasteiger partial charge in [0.25, 0.3) is 0 Å². The van der Waals surface area contributed by atoms with Crippen LogP contribution in [0.5, 0.6) is 0 Å². The summed E-state index contributed by atoms with van der Waals surface area (Å²) in [7, 11) is 1.33. The Kier molecular flexibility index (Phi) is 4.60. The van der Waals surface area contributed by atoms with Gasteiger partial charge < -0.3 is 10.1 Å². The Bertz CT molecular complexity index is 757. The van der Waals surface area contributed by atoms with Crippen LogP contribution in [0.25, 0.3) is 0 Å². The summed E-state index contributed by atoms with van der Waals surface area (Å²) >= 11 is 0. The molecule has 3 rings (SSSR count). The number of esters is 1. The maximum Gasteiger partial charge on any atom is 0.337 e. The van der Waals surface area contributed by atoms with E-state index in [0.29, 0.717) is 24.1 Å². The van der Waals surface area contributed by atoms with E-state index in [1.54, 1.807) is 42.5 Å². The number of hydrogen-bond acceptors (Lipinski definition) is 3. The van der Waals surface area contributed by atoms with E-state index >= 15 is 0 Å². The molecule has 1 amide bonds. The average Bonchev–Trinajstić information content (AvgIpc) is 3.40. The first kappa shape index (κ1) is 16.2. The van der Waals surface area contributed by atoms with Crippen LogP contribution in [0.15, 0.2) is 48.5 Å². The lowest BCUT2D eigenvalue weighted by atomic mass is 10.1. The van der Waals surface area contributed by atoms with E-state index in [0.717, 1.165) is 5.56 Å². The number of nitrogens with one attached hydrogen (secondary N) is 1. The molecule has 2 atom stereocenters. The molecule has 0 bridgehead atoms. The predicted octanol–water partition coefficient (Wildman–Crippen LogP) is 3.03. The van der Waals surface area contributed by atoms with Gasteiger partial charge in [-0.2, -0.15) is 0 Å². The molecule has 1 fully saturated rings. The van der Waals surface area contributed by atoms with Gasteiger partial charge in [-0.1, -0.05) is 30.3 Å². The first-order valence-corrected chi connectivity index (χ1v) is 7.79. The van der Waals surface area contributed by atoms with Crippen molar-refractivity contribution < 1.29 is 18.7 Å². The van der Waals surface area contributed by atoms with E-state index < -0.39 is 5.97 Å². The summed E-state index contributed by atoms with van der Waals surface area (Å²) in [6.45, 7) is 0.376. The van der Waals surface area contributed by atoms with Crippen molar-refractivity contribution in [3.05, 3.63) is 71.0 Å². The minimum atomic E-state index is -0.392. The molecule has 0 heterocycles. The van der Waals surface area contributed by atoms with Gasteiger partial charge in [-0.05, 0) is 41.7 Å². The molecule has 1 N–H and O–H groups in total. The fourth-order valence-corrected chi connectivity index (χ4v) is 2.80. The summed E-state index contributed by atoms with van der Waals surface area (Å²) in [4.78, 5) is 23.6. The minimum absolute atomic E-state index is 0.0344. The highest BCUT2D eigenvalue weighted by molar-refractivity contribution is 5.89. The normalized spacial score (nSPS) is 18.8. The lowest BCUT2D eigenvalue weighted by Crippen LogP contribution is -2.25. The maximum atomic E-state index is 13.7. The van der Waals surface area contributed by atoms with Crippen molar-refractivity contribution in [1.82, 2.24) is 5.32 Å². The van der Waals surface area contributed by atoms with Crippen LogP contribution in [0, 0.1) is 11.7 Å². The number of carbonyl (C=O) groups excluding carboxylic acids is 2. The second-order valence-electron chi connectivity index (χ2n) is 5.88. The van der Waals surface area contributed by atoms with Gasteiger partial charge in [0.05, 0.1) is 12.7 Å². The molecule has 2 aromatic rings. The summed E-state index contributed by atoms with van der Waals surface area (Å²) in [5.74, 6) is -0.920. The Morgan fingerprint density at radius 2 is 1.88 bits per heavy atom. The average molecular weight is 327 g/mol. The van der Waals surface area contributed by atoms with Gasteiger partial charge in [0.1, 0.15) is 5.82 Å². The molecule has 124 valence electrons. The van der Waals surface area contributed by atoms with E-state index in [-0.39, 0.29) is 23.6 Å². The molecule has 2 aromatic carbocycles. The molecule has 0 spiro atoms. The van der Waals surface area contributed by atoms with Crippen molar-refractivity contribution in [2.45, 2.75) is 18.9 Å². The standard InChI is InChI=1S/C19H18FNO3/c1-24-19(23)13-8-6-12(7-9-13)11-21-18(22)16-10-15(16)14-4-2-3-5-17(14)20/h2-9,15-16H,10-11H2,1H3,(H,21,22). The monoisotopic (exact) mass is 327 g/mol. The van der Waals surface area contributed by atoms with E-state index in [4.69, 9.17) is 0 Å². The smallest absolute Gasteiger partial charge is 0.337 e. The highest BCUT2D eigenvalue weighted by Gasteiger charge is 2.44. The summed E-state index contributed by atoms with van der Waals surface area (Å²) in [6, 6.07) is 13.5. The molecule has 5 heteroatoms. The zero-order valence-electron chi connectivity index (χ0n) is 13.3. The van der Waals surface area contributed by atoms with Crippen LogP contribution in [0.2, 0.25) is 0 Å². The van der Waals surface area contributed by atoms with Crippen molar-refractivity contribution in [2.75, 3.05) is 7.11 Å². The number of carbonyl (C=O) groups is 2. The molecule has 24 heavy (non-hydrogen) atoms. The van der Waals surface area contributed by atoms with E-state index in [9.17, 15) is 14.0 Å². The fourth-order valence-electron chi connectivity index (χ4n) is 2.80. The van der Waals surface area contributed by atoms with Crippen LogP contribution in [0.1, 0.15) is 33.8 Å². The maximum absolute atomic E-state index is 13.7. The summed E-state index contributed by atoms with van der Waals surface area (Å²) in [5, 5.41) is 2.87. The van der Waals surface area contributed by atoms with Gasteiger partial charge in [-0.3, -0.25) is 4.79 Å². The van der Waals surface area contributed by atoms with Crippen LogP contribution in [0.3, 0.4) is 0 Å². The Morgan fingerprint density at radius 3 is 2.54 bits per heavy atom. The molecular weight excluding hydrogens is 309 g/mol. The minimum Gasteiger partial charge on any atom is -0.465 e. The molecule has 1 aliphatic carbocycles. The number of rotatable bonds is 5. The second kappa shape index (κ2) is 6.83. The molecule has 0 aliphatic heterocycles. The SMILES string of the molecule is COC(=O)c1ccc(CNC(=O)C2CC2c2ccccc2F)cc1. The third-order valence-corrected chi connectivity index (χ3v) is 4.27. The van der Waals surface area contributed by atoms with Gasteiger partial charge in [0, 0.05) is 12.5 Å². The van der Waals surface area contributed by atoms with E-state index in [2.05, 4.69) is 10.1 Å². The van der Waals surface area contributed by atoms with Gasteiger partial charge in [-0.25, -0.2) is 9.18 Å². The molecule has 1 saturated carbocycles. The van der Waals surface area contributed by atoms with Crippen LogP contribution < -0.4 is 5.32 Å². The van der Waals surface area contributed by atoms with Crippen LogP contribution in [0.4, 0.5) is 4.39 Å². The molecule has 0 aromatic heterocycles. The number of halogens is 1. The van der Waals surface area contributed by atoms with Crippen molar-refractivity contribution in [1.29, 1.82) is 0 Å². The molecule has 0 radical (unpaired) electrons. The molecule has 4 nitrogen and oxygen atoms in total. The Labute approximate surface area is 139 Å². The second-order valence-corrected chi connectivity index (χ2v) is 5.88. The number of amides is 1. The zero-order chi connectivity index (χ0) is 17.1. The molecule has 2 unspecified atom stereocenters. The molecular formula is C19H18FNO3. The highest BCUT2D eigenvalue weighted by atomic mass is 19.1. The predicted molar refractivity (Wildman–Crippen MR) is 86.9 cm³/mol. The van der Waals surface area contributed by atoms with Crippen LogP contribution in [-0.4, -0.2) is 19.0 Å². The fraction of sp³-hybridized carbons (Fsp3) is 0.263. The number of hydrogen-bond donors (Lipinski definition) is 1. The van der Waals surface area contributed by atoms with Gasteiger partial charge in [0.2, 0.25) is 5.91 Å². The Balaban J connectivity index is 1.54. The third kappa shape index (κ3) is 3.45. The highest BCUT2D eigenvalue weighted by Crippen LogP contribution is 2.48. The summed E-state index contributed by atoms with van der Waals surface area (Å²) in [6.07, 6.45) is 0.675. The number of ether oxygens (including phenoxy) is 1. The van der Waals surface area contributed by atoms with E-state index in [1.165, 1.54) is 13.2 Å².